The van der Waals surface area contributed by atoms with Gasteiger partial charge in [0.1, 0.15) is 17.6 Å². The number of benzene rings is 3. The minimum Gasteiger partial charge on any atom is -0.470 e. The first-order valence-electron chi connectivity index (χ1n) is 13.6. The Balaban J connectivity index is 1.58. The number of terminal acetylenes is 1. The average Bonchev–Trinajstić information content (AvgIpc) is 3.00. The summed E-state index contributed by atoms with van der Waals surface area (Å²) in [6, 6.07) is 27.5. The molecule has 8 heteroatoms. The third kappa shape index (κ3) is 6.60. The fourth-order valence-electron chi connectivity index (χ4n) is 5.05. The van der Waals surface area contributed by atoms with E-state index >= 15 is 0 Å². The van der Waals surface area contributed by atoms with Crippen LogP contribution in [-0.2, 0) is 14.0 Å². The molecular weight excluding hydrogens is 561 g/mol. The van der Waals surface area contributed by atoms with E-state index in [9.17, 15) is 9.59 Å². The van der Waals surface area contributed by atoms with Crippen LogP contribution in [0.1, 0.15) is 33.3 Å². The van der Waals surface area contributed by atoms with Crippen LogP contribution in [0.15, 0.2) is 91.1 Å². The SMILES string of the molecule is C#Cc1cnc2ccc(OC(SC)C(=O)NC(C)(C=O)CO[Si](c3ccccc3)(c3ccccc3)C(C)(C)C)cc2c1. The summed E-state index contributed by atoms with van der Waals surface area (Å²) in [6.45, 7) is 8.17. The first-order chi connectivity index (χ1) is 20.0. The van der Waals surface area contributed by atoms with E-state index in [-0.39, 0.29) is 11.6 Å². The summed E-state index contributed by atoms with van der Waals surface area (Å²) in [5.41, 5.74) is -0.781. The molecule has 3 aromatic carbocycles. The number of pyridine rings is 1. The third-order valence-electron chi connectivity index (χ3n) is 7.16. The normalized spacial score (nSPS) is 13.9. The Morgan fingerprint density at radius 1 is 1.02 bits per heavy atom. The Morgan fingerprint density at radius 3 is 2.17 bits per heavy atom. The fraction of sp³-hybridized carbons (Fsp3) is 0.265. The molecule has 6 nitrogen and oxygen atoms in total. The highest BCUT2D eigenvalue weighted by atomic mass is 32.2. The molecule has 2 atom stereocenters. The Morgan fingerprint density at radius 2 is 1.64 bits per heavy atom. The van der Waals surface area contributed by atoms with Gasteiger partial charge in [0.25, 0.3) is 14.2 Å². The molecule has 2 unspecified atom stereocenters. The molecule has 216 valence electrons. The highest BCUT2D eigenvalue weighted by molar-refractivity contribution is 7.99. The minimum absolute atomic E-state index is 0.00681. The van der Waals surface area contributed by atoms with Gasteiger partial charge >= 0.3 is 0 Å². The van der Waals surface area contributed by atoms with E-state index in [0.29, 0.717) is 11.3 Å². The molecule has 0 aliphatic rings. The number of nitrogens with zero attached hydrogens (tertiary/aromatic N) is 1. The summed E-state index contributed by atoms with van der Waals surface area (Å²) >= 11 is 1.23. The van der Waals surface area contributed by atoms with Crippen molar-refractivity contribution in [3.8, 4) is 18.1 Å². The largest absolute Gasteiger partial charge is 0.470 e. The summed E-state index contributed by atoms with van der Waals surface area (Å²) in [6.07, 6.45) is 9.67. The number of ether oxygens (including phenoxy) is 1. The van der Waals surface area contributed by atoms with Crippen LogP contribution in [0, 0.1) is 12.3 Å². The van der Waals surface area contributed by atoms with E-state index < -0.39 is 25.2 Å². The summed E-state index contributed by atoms with van der Waals surface area (Å²) in [5, 5.41) is 5.61. The van der Waals surface area contributed by atoms with Crippen molar-refractivity contribution in [3.05, 3.63) is 96.7 Å². The number of carbonyl (C=O) groups excluding carboxylic acids is 2. The number of aldehydes is 1. The quantitative estimate of drug-likeness (QED) is 0.115. The molecular formula is C34H36N2O4SSi. The molecule has 1 aromatic heterocycles. The van der Waals surface area contributed by atoms with Crippen molar-refractivity contribution in [3.63, 3.8) is 0 Å². The van der Waals surface area contributed by atoms with Crippen LogP contribution in [0.25, 0.3) is 10.9 Å². The standard InChI is InChI=1S/C34H36N2O4SSi/c1-7-25-20-26-21-27(18-19-30(26)35-22-25)40-32(41-6)31(38)36-34(5,23-37)24-39-42(33(2,3)4,28-14-10-8-11-15-28)29-16-12-9-13-17-29/h1,8-23,32H,24H2,2-6H3,(H,36,38). The molecule has 4 aromatic rings. The van der Waals surface area contributed by atoms with Gasteiger partial charge < -0.3 is 19.3 Å². The molecule has 0 radical (unpaired) electrons. The Kier molecular flexibility index (Phi) is 9.57. The van der Waals surface area contributed by atoms with Gasteiger partial charge in [0.05, 0.1) is 12.1 Å². The lowest BCUT2D eigenvalue weighted by atomic mass is 10.1. The molecule has 0 spiro atoms. The lowest BCUT2D eigenvalue weighted by Gasteiger charge is -2.44. The smallest absolute Gasteiger partial charge is 0.272 e. The van der Waals surface area contributed by atoms with E-state index in [2.05, 4.69) is 61.3 Å². The Hall–Kier alpha value is -3.90. The van der Waals surface area contributed by atoms with Gasteiger partial charge in [0.15, 0.2) is 0 Å². The van der Waals surface area contributed by atoms with E-state index in [1.165, 1.54) is 11.8 Å². The second-order valence-electron chi connectivity index (χ2n) is 11.4. The van der Waals surface area contributed by atoms with Gasteiger partial charge in [-0.1, -0.05) is 87.4 Å². The summed E-state index contributed by atoms with van der Waals surface area (Å²) in [5.74, 6) is 2.64. The monoisotopic (exact) mass is 596 g/mol. The summed E-state index contributed by atoms with van der Waals surface area (Å²) in [7, 11) is -2.92. The number of amides is 1. The molecule has 1 N–H and O–H groups in total. The van der Waals surface area contributed by atoms with E-state index in [0.717, 1.165) is 27.6 Å². The zero-order valence-corrected chi connectivity index (χ0v) is 26.4. The number of aromatic nitrogens is 1. The van der Waals surface area contributed by atoms with E-state index in [1.807, 2.05) is 48.5 Å². The van der Waals surface area contributed by atoms with Crippen molar-refractivity contribution in [2.24, 2.45) is 0 Å². The van der Waals surface area contributed by atoms with Crippen LogP contribution in [-0.4, -0.2) is 49.3 Å². The molecule has 0 aliphatic carbocycles. The second kappa shape index (κ2) is 12.9. The molecule has 0 aliphatic heterocycles. The van der Waals surface area contributed by atoms with Crippen molar-refractivity contribution in [2.45, 2.75) is 43.7 Å². The Bertz CT molecular complexity index is 1540. The van der Waals surface area contributed by atoms with Gasteiger partial charge in [-0.15, -0.1) is 18.2 Å². The highest BCUT2D eigenvalue weighted by Crippen LogP contribution is 2.37. The van der Waals surface area contributed by atoms with E-state index in [1.54, 1.807) is 31.5 Å². The van der Waals surface area contributed by atoms with Gasteiger partial charge in [-0.2, -0.15) is 0 Å². The van der Waals surface area contributed by atoms with Crippen molar-refractivity contribution < 1.29 is 18.8 Å². The van der Waals surface area contributed by atoms with Crippen molar-refractivity contribution >= 4 is 53.5 Å². The molecule has 42 heavy (non-hydrogen) atoms. The third-order valence-corrected chi connectivity index (χ3v) is 12.9. The topological polar surface area (TPSA) is 77.5 Å². The van der Waals surface area contributed by atoms with Crippen LogP contribution in [0.5, 0.6) is 5.75 Å². The molecule has 1 amide bonds. The number of thioether (sulfide) groups is 1. The first-order valence-corrected chi connectivity index (χ1v) is 16.8. The summed E-state index contributed by atoms with van der Waals surface area (Å²) < 4.78 is 13.0. The lowest BCUT2D eigenvalue weighted by Crippen LogP contribution is -2.68. The highest BCUT2D eigenvalue weighted by Gasteiger charge is 2.51. The van der Waals surface area contributed by atoms with Gasteiger partial charge in [-0.3, -0.25) is 9.78 Å². The van der Waals surface area contributed by atoms with Crippen LogP contribution < -0.4 is 20.4 Å². The molecule has 0 fully saturated rings. The summed E-state index contributed by atoms with van der Waals surface area (Å²) in [4.78, 5) is 30.4. The molecule has 0 saturated carbocycles. The minimum atomic E-state index is -2.92. The maximum atomic E-state index is 13.5. The molecule has 1 heterocycles. The predicted octanol–water partition coefficient (Wildman–Crippen LogP) is 4.93. The zero-order valence-electron chi connectivity index (χ0n) is 24.6. The maximum Gasteiger partial charge on any atom is 0.272 e. The zero-order chi connectivity index (χ0) is 30.4. The molecule has 0 saturated heterocycles. The Labute approximate surface area is 253 Å². The molecule has 4 rings (SSSR count). The molecule has 0 bridgehead atoms. The number of carbonyl (C=O) groups is 2. The second-order valence-corrected chi connectivity index (χ2v) is 16.6. The van der Waals surface area contributed by atoms with Crippen molar-refractivity contribution in [1.29, 1.82) is 0 Å². The van der Waals surface area contributed by atoms with E-state index in [4.69, 9.17) is 15.6 Å². The van der Waals surface area contributed by atoms with Crippen LogP contribution >= 0.6 is 11.8 Å². The van der Waals surface area contributed by atoms with Crippen LogP contribution in [0.3, 0.4) is 0 Å². The average molecular weight is 597 g/mol. The number of nitrogens with one attached hydrogen (secondary N) is 1. The van der Waals surface area contributed by atoms with Crippen LogP contribution in [0.2, 0.25) is 5.04 Å². The van der Waals surface area contributed by atoms with Gasteiger partial charge in [-0.05, 0) is 52.9 Å². The van der Waals surface area contributed by atoms with Gasteiger partial charge in [0, 0.05) is 17.1 Å². The fourth-order valence-corrected chi connectivity index (χ4v) is 10.2. The van der Waals surface area contributed by atoms with Crippen molar-refractivity contribution in [2.75, 3.05) is 12.9 Å². The number of fused-ring (bicyclic) bond motifs is 1. The van der Waals surface area contributed by atoms with Gasteiger partial charge in [0.2, 0.25) is 5.44 Å². The lowest BCUT2D eigenvalue weighted by molar-refractivity contribution is -0.129. The van der Waals surface area contributed by atoms with Crippen molar-refractivity contribution in [1.82, 2.24) is 10.3 Å². The predicted molar refractivity (Wildman–Crippen MR) is 174 cm³/mol. The number of rotatable bonds is 11. The number of hydrogen-bond donors (Lipinski definition) is 1. The van der Waals surface area contributed by atoms with Gasteiger partial charge in [-0.25, -0.2) is 0 Å². The number of hydrogen-bond acceptors (Lipinski definition) is 6. The van der Waals surface area contributed by atoms with Crippen LogP contribution in [0.4, 0.5) is 0 Å². The first kappa shape index (κ1) is 31.0. The maximum absolute atomic E-state index is 13.5.